The van der Waals surface area contributed by atoms with Crippen molar-refractivity contribution in [3.8, 4) is 0 Å². The van der Waals surface area contributed by atoms with Crippen LogP contribution in [0.2, 0.25) is 0 Å². The minimum Gasteiger partial charge on any atom is -0.466 e. The molecule has 27 heavy (non-hydrogen) atoms. The zero-order valence-corrected chi connectivity index (χ0v) is 16.6. The fourth-order valence-electron chi connectivity index (χ4n) is 3.71. The largest absolute Gasteiger partial charge is 0.466 e. The van der Waals surface area contributed by atoms with Crippen LogP contribution in [0.25, 0.3) is 0 Å². The molecule has 2 heterocycles. The highest BCUT2D eigenvalue weighted by atomic mass is 32.2. The van der Waals surface area contributed by atoms with Crippen LogP contribution in [-0.4, -0.2) is 57.2 Å². The lowest BCUT2D eigenvalue weighted by Crippen LogP contribution is -2.40. The Labute approximate surface area is 160 Å². The van der Waals surface area contributed by atoms with Gasteiger partial charge in [-0.3, -0.25) is 13.9 Å². The second kappa shape index (κ2) is 7.88. The predicted octanol–water partition coefficient (Wildman–Crippen LogP) is 1.81. The van der Waals surface area contributed by atoms with Gasteiger partial charge in [0.15, 0.2) is 0 Å². The van der Waals surface area contributed by atoms with Crippen LogP contribution in [0.15, 0.2) is 18.2 Å². The van der Waals surface area contributed by atoms with E-state index in [1.807, 2.05) is 0 Å². The molecule has 2 aliphatic rings. The van der Waals surface area contributed by atoms with E-state index >= 15 is 0 Å². The standard InChI is InChI=1S/C19H26N2O5S/c1-3-26-19(23)14-7-10-20(11-8-14)18(22)16-5-6-17-15(13-16)9-12-21(17)27(24,25)4-2/h5-6,13-14H,3-4,7-12H2,1-2H3. The minimum atomic E-state index is -3.29. The van der Waals surface area contributed by atoms with E-state index in [2.05, 4.69) is 0 Å². The van der Waals surface area contributed by atoms with E-state index in [0.29, 0.717) is 56.8 Å². The molecule has 0 spiro atoms. The zero-order chi connectivity index (χ0) is 19.6. The van der Waals surface area contributed by atoms with E-state index in [-0.39, 0.29) is 23.5 Å². The first kappa shape index (κ1) is 19.7. The quantitative estimate of drug-likeness (QED) is 0.711. The number of hydrogen-bond acceptors (Lipinski definition) is 5. The minimum absolute atomic E-state index is 0.0581. The maximum Gasteiger partial charge on any atom is 0.309 e. The van der Waals surface area contributed by atoms with Gasteiger partial charge in [-0.25, -0.2) is 8.42 Å². The van der Waals surface area contributed by atoms with E-state index in [1.54, 1.807) is 36.9 Å². The van der Waals surface area contributed by atoms with Gasteiger partial charge >= 0.3 is 5.97 Å². The Balaban J connectivity index is 1.68. The molecular weight excluding hydrogens is 368 g/mol. The number of likely N-dealkylation sites (tertiary alicyclic amines) is 1. The van der Waals surface area contributed by atoms with Gasteiger partial charge in [0.2, 0.25) is 10.0 Å². The smallest absolute Gasteiger partial charge is 0.309 e. The van der Waals surface area contributed by atoms with Crippen LogP contribution in [-0.2, 0) is 26.0 Å². The molecule has 0 bridgehead atoms. The summed E-state index contributed by atoms with van der Waals surface area (Å²) in [7, 11) is -3.29. The number of sulfonamides is 1. The number of anilines is 1. The van der Waals surface area contributed by atoms with Crippen molar-refractivity contribution in [2.45, 2.75) is 33.1 Å². The lowest BCUT2D eigenvalue weighted by Gasteiger charge is -2.31. The molecule has 7 nitrogen and oxygen atoms in total. The van der Waals surface area contributed by atoms with Crippen molar-refractivity contribution in [2.75, 3.05) is 36.3 Å². The Hall–Kier alpha value is -2.09. The maximum atomic E-state index is 12.8. The third-order valence-corrected chi connectivity index (χ3v) is 7.06. The number of nitrogens with zero attached hydrogens (tertiary/aromatic N) is 2. The van der Waals surface area contributed by atoms with Gasteiger partial charge in [-0.15, -0.1) is 0 Å². The van der Waals surface area contributed by atoms with Crippen molar-refractivity contribution in [1.29, 1.82) is 0 Å². The molecule has 8 heteroatoms. The Morgan fingerprint density at radius 2 is 1.85 bits per heavy atom. The van der Waals surface area contributed by atoms with E-state index in [9.17, 15) is 18.0 Å². The normalized spacial score (nSPS) is 17.7. The molecule has 1 amide bonds. The SMILES string of the molecule is CCOC(=O)C1CCN(C(=O)c2ccc3c(c2)CCN3S(=O)(=O)CC)CC1. The van der Waals surface area contributed by atoms with Crippen LogP contribution < -0.4 is 4.31 Å². The maximum absolute atomic E-state index is 12.8. The van der Waals surface area contributed by atoms with Gasteiger partial charge in [0.1, 0.15) is 0 Å². The molecule has 0 aliphatic carbocycles. The summed E-state index contributed by atoms with van der Waals surface area (Å²) in [5.74, 6) is -0.333. The molecular formula is C19H26N2O5S. The van der Waals surface area contributed by atoms with E-state index in [4.69, 9.17) is 4.74 Å². The van der Waals surface area contributed by atoms with Gasteiger partial charge in [0.25, 0.3) is 5.91 Å². The summed E-state index contributed by atoms with van der Waals surface area (Å²) in [6.07, 6.45) is 1.83. The van der Waals surface area contributed by atoms with Crippen LogP contribution in [0.5, 0.6) is 0 Å². The van der Waals surface area contributed by atoms with Gasteiger partial charge in [-0.05, 0) is 56.9 Å². The van der Waals surface area contributed by atoms with E-state index in [1.165, 1.54) is 4.31 Å². The topological polar surface area (TPSA) is 84.0 Å². The monoisotopic (exact) mass is 394 g/mol. The van der Waals surface area contributed by atoms with Gasteiger partial charge in [-0.2, -0.15) is 0 Å². The first-order chi connectivity index (χ1) is 12.9. The molecule has 1 saturated heterocycles. The molecule has 0 atom stereocenters. The van der Waals surface area contributed by atoms with Crippen LogP contribution >= 0.6 is 0 Å². The Bertz CT molecular complexity index is 829. The second-order valence-corrected chi connectivity index (χ2v) is 9.07. The third-order valence-electron chi connectivity index (χ3n) is 5.28. The van der Waals surface area contributed by atoms with Crippen molar-refractivity contribution < 1.29 is 22.7 Å². The summed E-state index contributed by atoms with van der Waals surface area (Å²) in [6, 6.07) is 5.23. The highest BCUT2D eigenvalue weighted by molar-refractivity contribution is 7.92. The number of carbonyl (C=O) groups is 2. The van der Waals surface area contributed by atoms with Crippen LogP contribution in [0.3, 0.4) is 0 Å². The molecule has 148 valence electrons. The Morgan fingerprint density at radius 1 is 1.15 bits per heavy atom. The summed E-state index contributed by atoms with van der Waals surface area (Å²) in [5, 5.41) is 0. The number of carbonyl (C=O) groups excluding carboxylic acids is 2. The average Bonchev–Trinajstić information content (AvgIpc) is 3.12. The van der Waals surface area contributed by atoms with Gasteiger partial charge in [-0.1, -0.05) is 0 Å². The number of ether oxygens (including phenoxy) is 1. The molecule has 3 rings (SSSR count). The summed E-state index contributed by atoms with van der Waals surface area (Å²) < 4.78 is 30.8. The number of amides is 1. The lowest BCUT2D eigenvalue weighted by molar-refractivity contribution is -0.149. The third kappa shape index (κ3) is 3.95. The highest BCUT2D eigenvalue weighted by Crippen LogP contribution is 2.32. The molecule has 0 saturated carbocycles. The lowest BCUT2D eigenvalue weighted by atomic mass is 9.96. The fourth-order valence-corrected chi connectivity index (χ4v) is 4.87. The number of fused-ring (bicyclic) bond motifs is 1. The fraction of sp³-hybridized carbons (Fsp3) is 0.579. The predicted molar refractivity (Wildman–Crippen MR) is 102 cm³/mol. The summed E-state index contributed by atoms with van der Waals surface area (Å²) in [4.78, 5) is 26.4. The molecule has 2 aliphatic heterocycles. The first-order valence-corrected chi connectivity index (χ1v) is 11.1. The summed E-state index contributed by atoms with van der Waals surface area (Å²) in [5.41, 5.74) is 2.13. The molecule has 1 fully saturated rings. The first-order valence-electron chi connectivity index (χ1n) is 9.46. The van der Waals surface area contributed by atoms with Crippen LogP contribution in [0.4, 0.5) is 5.69 Å². The number of piperidine rings is 1. The van der Waals surface area contributed by atoms with Crippen molar-refractivity contribution in [2.24, 2.45) is 5.92 Å². The summed E-state index contributed by atoms with van der Waals surface area (Å²) in [6.45, 7) is 5.26. The average molecular weight is 394 g/mol. The van der Waals surface area contributed by atoms with Crippen molar-refractivity contribution in [3.63, 3.8) is 0 Å². The van der Waals surface area contributed by atoms with Crippen molar-refractivity contribution in [3.05, 3.63) is 29.3 Å². The number of hydrogen-bond donors (Lipinski definition) is 0. The summed E-state index contributed by atoms with van der Waals surface area (Å²) >= 11 is 0. The Morgan fingerprint density at radius 3 is 2.48 bits per heavy atom. The number of rotatable bonds is 5. The van der Waals surface area contributed by atoms with Crippen molar-refractivity contribution in [1.82, 2.24) is 4.90 Å². The van der Waals surface area contributed by atoms with Gasteiger partial charge in [0, 0.05) is 25.2 Å². The molecule has 0 radical (unpaired) electrons. The molecule has 0 N–H and O–H groups in total. The van der Waals surface area contributed by atoms with E-state index in [0.717, 1.165) is 5.56 Å². The molecule has 0 aromatic heterocycles. The highest BCUT2D eigenvalue weighted by Gasteiger charge is 2.31. The number of benzene rings is 1. The zero-order valence-electron chi connectivity index (χ0n) is 15.8. The Kier molecular flexibility index (Phi) is 5.74. The number of esters is 1. The van der Waals surface area contributed by atoms with Crippen LogP contribution in [0.1, 0.15) is 42.6 Å². The van der Waals surface area contributed by atoms with E-state index < -0.39 is 10.0 Å². The molecule has 1 aromatic carbocycles. The van der Waals surface area contributed by atoms with Gasteiger partial charge in [0.05, 0.1) is 24.0 Å². The second-order valence-electron chi connectivity index (χ2n) is 6.88. The molecule has 1 aromatic rings. The van der Waals surface area contributed by atoms with Gasteiger partial charge < -0.3 is 9.64 Å². The molecule has 0 unspecified atom stereocenters. The van der Waals surface area contributed by atoms with Crippen molar-refractivity contribution >= 4 is 27.6 Å². The van der Waals surface area contributed by atoms with Crippen LogP contribution in [0, 0.1) is 5.92 Å².